The molecule has 0 spiro atoms. The number of hydrogen-bond donors (Lipinski definition) is 2. The summed E-state index contributed by atoms with van der Waals surface area (Å²) >= 11 is 0. The summed E-state index contributed by atoms with van der Waals surface area (Å²) in [7, 11) is 1.93. The lowest BCUT2D eigenvalue weighted by atomic mass is 10.1. The Morgan fingerprint density at radius 1 is 1.09 bits per heavy atom. The van der Waals surface area contributed by atoms with Crippen molar-refractivity contribution in [2.45, 2.75) is 12.6 Å². The van der Waals surface area contributed by atoms with Crippen LogP contribution in [0.2, 0.25) is 0 Å². The molecule has 1 fully saturated rings. The van der Waals surface area contributed by atoms with Crippen LogP contribution in [0.25, 0.3) is 28.3 Å². The number of hydrogen-bond acceptors (Lipinski definition) is 4. The van der Waals surface area contributed by atoms with E-state index in [4.69, 9.17) is 0 Å². The van der Waals surface area contributed by atoms with Gasteiger partial charge in [0.25, 0.3) is 0 Å². The molecule has 6 rings (SSSR count). The topological polar surface area (TPSA) is 58.2 Å². The molecule has 0 aliphatic carbocycles. The molecule has 2 N–H and O–H groups in total. The van der Waals surface area contributed by atoms with Gasteiger partial charge in [-0.3, -0.25) is 4.57 Å². The number of halogens is 1. The Hall–Kier alpha value is -3.42. The SMILES string of the molecule is CNC[C@@H]1CN(c2ccc3c(c2)Cn2cc(-c4ccc(F)cc4)cc2-c2nccn2-3)C[C@H]1O. The zero-order valence-corrected chi connectivity index (χ0v) is 18.4. The molecule has 2 aliphatic rings. The molecule has 4 heterocycles. The van der Waals surface area contributed by atoms with E-state index in [2.05, 4.69) is 54.8 Å². The van der Waals surface area contributed by atoms with Crippen LogP contribution in [-0.4, -0.2) is 52.0 Å². The van der Waals surface area contributed by atoms with Gasteiger partial charge >= 0.3 is 0 Å². The van der Waals surface area contributed by atoms with Crippen LogP contribution in [-0.2, 0) is 6.54 Å². The predicted molar refractivity (Wildman–Crippen MR) is 127 cm³/mol. The van der Waals surface area contributed by atoms with E-state index in [1.165, 1.54) is 17.7 Å². The molecular weight excluding hydrogens is 417 g/mol. The second kappa shape index (κ2) is 7.86. The van der Waals surface area contributed by atoms with E-state index in [1.807, 2.05) is 31.6 Å². The predicted octanol–water partition coefficient (Wildman–Crippen LogP) is 3.53. The van der Waals surface area contributed by atoms with Crippen LogP contribution in [0.1, 0.15) is 5.56 Å². The van der Waals surface area contributed by atoms with Crippen molar-refractivity contribution in [1.29, 1.82) is 0 Å². The number of fused-ring (bicyclic) bond motifs is 5. The van der Waals surface area contributed by atoms with Crippen molar-refractivity contribution in [2.24, 2.45) is 5.92 Å². The van der Waals surface area contributed by atoms with Crippen molar-refractivity contribution in [3.8, 4) is 28.3 Å². The van der Waals surface area contributed by atoms with Crippen molar-refractivity contribution in [3.63, 3.8) is 0 Å². The minimum atomic E-state index is -0.328. The number of aromatic nitrogens is 3. The van der Waals surface area contributed by atoms with Gasteiger partial charge in [-0.05, 0) is 54.6 Å². The molecule has 168 valence electrons. The van der Waals surface area contributed by atoms with Crippen molar-refractivity contribution in [3.05, 3.63) is 78.5 Å². The Morgan fingerprint density at radius 2 is 1.94 bits per heavy atom. The molecule has 7 heteroatoms. The lowest BCUT2D eigenvalue weighted by Gasteiger charge is -2.21. The number of nitrogens with one attached hydrogen (secondary N) is 1. The highest BCUT2D eigenvalue weighted by molar-refractivity contribution is 5.72. The molecule has 2 aromatic carbocycles. The van der Waals surface area contributed by atoms with Gasteiger partial charge in [0.1, 0.15) is 5.82 Å². The molecule has 33 heavy (non-hydrogen) atoms. The lowest BCUT2D eigenvalue weighted by molar-refractivity contribution is 0.148. The first-order chi connectivity index (χ1) is 16.1. The third-order valence-electron chi connectivity index (χ3n) is 6.85. The third-order valence-corrected chi connectivity index (χ3v) is 6.85. The van der Waals surface area contributed by atoms with Crippen molar-refractivity contribution >= 4 is 5.69 Å². The van der Waals surface area contributed by atoms with E-state index < -0.39 is 0 Å². The van der Waals surface area contributed by atoms with Crippen molar-refractivity contribution < 1.29 is 9.50 Å². The van der Waals surface area contributed by atoms with Gasteiger partial charge in [0.15, 0.2) is 5.82 Å². The maximum atomic E-state index is 13.4. The highest BCUT2D eigenvalue weighted by Gasteiger charge is 2.31. The van der Waals surface area contributed by atoms with Crippen LogP contribution >= 0.6 is 0 Å². The molecule has 2 aromatic heterocycles. The number of anilines is 1. The Kier molecular flexibility index (Phi) is 4.81. The molecule has 2 atom stereocenters. The molecule has 0 amide bonds. The van der Waals surface area contributed by atoms with Crippen LogP contribution in [0.15, 0.2) is 67.1 Å². The summed E-state index contributed by atoms with van der Waals surface area (Å²) in [6, 6.07) is 15.3. The van der Waals surface area contributed by atoms with E-state index in [-0.39, 0.29) is 17.8 Å². The smallest absolute Gasteiger partial charge is 0.161 e. The first-order valence-corrected chi connectivity index (χ1v) is 11.3. The number of benzene rings is 2. The van der Waals surface area contributed by atoms with Crippen LogP contribution in [0, 0.1) is 11.7 Å². The molecule has 4 aromatic rings. The van der Waals surface area contributed by atoms with Gasteiger partial charge in [-0.1, -0.05) is 12.1 Å². The Labute approximate surface area is 191 Å². The zero-order valence-electron chi connectivity index (χ0n) is 18.4. The van der Waals surface area contributed by atoms with Gasteiger partial charge in [-0.25, -0.2) is 9.37 Å². The van der Waals surface area contributed by atoms with Crippen LogP contribution in [0.3, 0.4) is 0 Å². The number of rotatable bonds is 4. The largest absolute Gasteiger partial charge is 0.391 e. The molecule has 0 bridgehead atoms. The van der Waals surface area contributed by atoms with Gasteiger partial charge in [0, 0.05) is 61.9 Å². The summed E-state index contributed by atoms with van der Waals surface area (Å²) < 4.78 is 17.8. The first kappa shape index (κ1) is 20.2. The quantitative estimate of drug-likeness (QED) is 0.446. The highest BCUT2D eigenvalue weighted by atomic mass is 19.1. The lowest BCUT2D eigenvalue weighted by Crippen LogP contribution is -2.28. The van der Waals surface area contributed by atoms with E-state index in [9.17, 15) is 9.50 Å². The monoisotopic (exact) mass is 443 g/mol. The van der Waals surface area contributed by atoms with Crippen LogP contribution < -0.4 is 10.2 Å². The van der Waals surface area contributed by atoms with Gasteiger partial charge in [0.2, 0.25) is 0 Å². The summed E-state index contributed by atoms with van der Waals surface area (Å²) in [5.74, 6) is 0.879. The molecule has 2 aliphatic heterocycles. The number of imidazole rings is 1. The maximum absolute atomic E-state index is 13.4. The Balaban J connectivity index is 1.39. The number of aliphatic hydroxyl groups is 1. The summed E-state index contributed by atoms with van der Waals surface area (Å²) in [5.41, 5.74) is 6.48. The van der Waals surface area contributed by atoms with Crippen LogP contribution in [0.4, 0.5) is 10.1 Å². The standard InChI is InChI=1S/C26H26FN5O/c1-28-12-20-15-30(16-25(20)33)22-6-7-23-19(10-22)14-31-13-18(17-2-4-21(27)5-3-17)11-24(31)26-29-8-9-32(23)26/h2-11,13,20,25,28,33H,12,14-16H2,1H3/t20-,25-/m1/s1. The molecular formula is C26H26FN5O. The fourth-order valence-corrected chi connectivity index (χ4v) is 5.16. The first-order valence-electron chi connectivity index (χ1n) is 11.3. The van der Waals surface area contributed by atoms with E-state index in [1.54, 1.807) is 0 Å². The summed E-state index contributed by atoms with van der Waals surface area (Å²) in [6.07, 6.45) is 5.61. The normalized spacial score (nSPS) is 19.2. The Bertz CT molecular complexity index is 1310. The van der Waals surface area contributed by atoms with Gasteiger partial charge in [-0.15, -0.1) is 0 Å². The third kappa shape index (κ3) is 3.44. The van der Waals surface area contributed by atoms with Crippen molar-refractivity contribution in [1.82, 2.24) is 19.4 Å². The summed E-state index contributed by atoms with van der Waals surface area (Å²) in [5, 5.41) is 13.7. The fourth-order valence-electron chi connectivity index (χ4n) is 5.16. The number of nitrogens with zero attached hydrogens (tertiary/aromatic N) is 4. The van der Waals surface area contributed by atoms with Crippen molar-refractivity contribution in [2.75, 3.05) is 31.6 Å². The average Bonchev–Trinajstić information content (AvgIpc) is 3.52. The van der Waals surface area contributed by atoms with Gasteiger partial charge in [-0.2, -0.15) is 0 Å². The second-order valence-electron chi connectivity index (χ2n) is 8.97. The van der Waals surface area contributed by atoms with Gasteiger partial charge in [0.05, 0.1) is 17.5 Å². The highest BCUT2D eigenvalue weighted by Crippen LogP contribution is 2.36. The molecule has 6 nitrogen and oxygen atoms in total. The minimum Gasteiger partial charge on any atom is -0.391 e. The fraction of sp³-hybridized carbons (Fsp3) is 0.269. The maximum Gasteiger partial charge on any atom is 0.161 e. The molecule has 0 saturated carbocycles. The van der Waals surface area contributed by atoms with Crippen LogP contribution in [0.5, 0.6) is 0 Å². The molecule has 1 saturated heterocycles. The summed E-state index contributed by atoms with van der Waals surface area (Å²) in [4.78, 5) is 6.92. The number of β-amino-alcohol motifs (C(OH)–C–C–N with tert-alkyl or cyclic N) is 1. The second-order valence-corrected chi connectivity index (χ2v) is 8.97. The van der Waals surface area contributed by atoms with E-state index >= 15 is 0 Å². The van der Waals surface area contributed by atoms with Gasteiger partial charge < -0.3 is 19.9 Å². The summed E-state index contributed by atoms with van der Waals surface area (Å²) in [6.45, 7) is 2.99. The zero-order chi connectivity index (χ0) is 22.5. The Morgan fingerprint density at radius 3 is 2.76 bits per heavy atom. The molecule has 0 unspecified atom stereocenters. The number of aliphatic hydroxyl groups excluding tert-OH is 1. The average molecular weight is 444 g/mol. The van der Waals surface area contributed by atoms with E-state index in [0.717, 1.165) is 47.1 Å². The van der Waals surface area contributed by atoms with E-state index in [0.29, 0.717) is 13.1 Å². The molecule has 0 radical (unpaired) electrons. The minimum absolute atomic E-state index is 0.225.